The van der Waals surface area contributed by atoms with Crippen LogP contribution in [0.4, 0.5) is 11.4 Å². The van der Waals surface area contributed by atoms with Gasteiger partial charge in [0.2, 0.25) is 0 Å². The van der Waals surface area contributed by atoms with Crippen LogP contribution in [-0.2, 0) is 0 Å². The Morgan fingerprint density at radius 3 is 2.10 bits per heavy atom. The lowest BCUT2D eigenvalue weighted by molar-refractivity contribution is 0.0926. The number of benzene rings is 2. The van der Waals surface area contributed by atoms with Crippen molar-refractivity contribution in [1.82, 2.24) is 0 Å². The number of carbonyl (C=O) groups is 2. The summed E-state index contributed by atoms with van der Waals surface area (Å²) in [5.41, 5.74) is 7.21. The van der Waals surface area contributed by atoms with Crippen LogP contribution in [0.2, 0.25) is 0 Å². The molecular formula is C14H8Br2N2O2. The highest BCUT2D eigenvalue weighted by atomic mass is 79.9. The first-order valence-corrected chi connectivity index (χ1v) is 7.32. The third kappa shape index (κ3) is 1.79. The van der Waals surface area contributed by atoms with Crippen molar-refractivity contribution >= 4 is 55.0 Å². The fourth-order valence-electron chi connectivity index (χ4n) is 2.22. The Morgan fingerprint density at radius 2 is 1.50 bits per heavy atom. The van der Waals surface area contributed by atoms with Gasteiger partial charge in [0.05, 0.1) is 16.8 Å². The molecule has 0 aliphatic carbocycles. The van der Waals surface area contributed by atoms with Gasteiger partial charge in [0.25, 0.3) is 11.8 Å². The van der Waals surface area contributed by atoms with Crippen LogP contribution in [0.15, 0.2) is 45.3 Å². The number of imide groups is 1. The second-order valence-corrected chi connectivity index (χ2v) is 5.99. The molecule has 0 fully saturated rings. The van der Waals surface area contributed by atoms with E-state index in [1.165, 1.54) is 0 Å². The van der Waals surface area contributed by atoms with Crippen molar-refractivity contribution in [3.05, 3.63) is 56.5 Å². The highest BCUT2D eigenvalue weighted by Crippen LogP contribution is 2.39. The van der Waals surface area contributed by atoms with Crippen LogP contribution in [0.25, 0.3) is 0 Å². The van der Waals surface area contributed by atoms with Gasteiger partial charge in [-0.15, -0.1) is 0 Å². The topological polar surface area (TPSA) is 63.4 Å². The molecule has 20 heavy (non-hydrogen) atoms. The van der Waals surface area contributed by atoms with Crippen LogP contribution in [0.5, 0.6) is 0 Å². The maximum Gasteiger partial charge on any atom is 0.268 e. The van der Waals surface area contributed by atoms with Crippen LogP contribution in [0.3, 0.4) is 0 Å². The summed E-state index contributed by atoms with van der Waals surface area (Å²) in [7, 11) is 0. The maximum atomic E-state index is 12.5. The largest absolute Gasteiger partial charge is 0.398 e. The lowest BCUT2D eigenvalue weighted by Gasteiger charge is -2.17. The molecule has 0 unspecified atom stereocenters. The van der Waals surface area contributed by atoms with Gasteiger partial charge in [-0.3, -0.25) is 9.59 Å². The van der Waals surface area contributed by atoms with Gasteiger partial charge in [-0.2, -0.15) is 0 Å². The van der Waals surface area contributed by atoms with E-state index in [1.807, 2.05) is 6.07 Å². The Bertz CT molecular complexity index is 739. The van der Waals surface area contributed by atoms with Crippen LogP contribution >= 0.6 is 31.9 Å². The minimum absolute atomic E-state index is 0.264. The van der Waals surface area contributed by atoms with E-state index < -0.39 is 5.91 Å². The third-order valence-electron chi connectivity index (χ3n) is 3.11. The summed E-state index contributed by atoms with van der Waals surface area (Å²) >= 11 is 6.74. The number of nitrogens with two attached hydrogens (primary N) is 1. The van der Waals surface area contributed by atoms with Crippen molar-refractivity contribution in [1.29, 1.82) is 0 Å². The first kappa shape index (κ1) is 13.3. The van der Waals surface area contributed by atoms with Gasteiger partial charge in [0, 0.05) is 14.6 Å². The van der Waals surface area contributed by atoms with Gasteiger partial charge in [-0.05, 0) is 56.1 Å². The molecule has 6 heteroatoms. The standard InChI is InChI=1S/C14H8Br2N2O2/c15-8-4-2-5-9(16)12(8)18-13(19)7-3-1-6-10(17)11(7)14(18)20/h1-6H,17H2. The maximum absolute atomic E-state index is 12.5. The molecule has 1 aliphatic rings. The lowest BCUT2D eigenvalue weighted by Crippen LogP contribution is -2.30. The molecule has 2 N–H and O–H groups in total. The molecule has 0 atom stereocenters. The van der Waals surface area contributed by atoms with Crippen molar-refractivity contribution in [3.63, 3.8) is 0 Å². The number of hydrogen-bond acceptors (Lipinski definition) is 3. The first-order valence-electron chi connectivity index (χ1n) is 5.73. The number of anilines is 2. The summed E-state index contributed by atoms with van der Waals surface area (Å²) in [4.78, 5) is 26.1. The minimum atomic E-state index is -0.407. The van der Waals surface area contributed by atoms with E-state index in [0.29, 0.717) is 25.9 Å². The molecule has 2 aromatic carbocycles. The number of nitrogens with zero attached hydrogens (tertiary/aromatic N) is 1. The lowest BCUT2D eigenvalue weighted by atomic mass is 10.1. The summed E-state index contributed by atoms with van der Waals surface area (Å²) in [6, 6.07) is 10.2. The molecule has 0 saturated heterocycles. The molecule has 0 bridgehead atoms. The quantitative estimate of drug-likeness (QED) is 0.592. The van der Waals surface area contributed by atoms with Crippen LogP contribution in [0, 0.1) is 0 Å². The van der Waals surface area contributed by atoms with Crippen molar-refractivity contribution in [3.8, 4) is 0 Å². The van der Waals surface area contributed by atoms with Crippen LogP contribution in [0.1, 0.15) is 20.7 Å². The van der Waals surface area contributed by atoms with E-state index >= 15 is 0 Å². The van der Waals surface area contributed by atoms with E-state index in [0.717, 1.165) is 4.90 Å². The Kier molecular flexibility index (Phi) is 3.14. The Labute approximate surface area is 131 Å². The van der Waals surface area contributed by atoms with Gasteiger partial charge in [0.1, 0.15) is 0 Å². The average molecular weight is 396 g/mol. The van der Waals surface area contributed by atoms with Crippen molar-refractivity contribution in [2.45, 2.75) is 0 Å². The molecule has 1 aliphatic heterocycles. The summed E-state index contributed by atoms with van der Waals surface area (Å²) in [6.07, 6.45) is 0. The van der Waals surface area contributed by atoms with E-state index in [-0.39, 0.29) is 11.5 Å². The Balaban J connectivity index is 2.23. The van der Waals surface area contributed by atoms with Crippen molar-refractivity contribution < 1.29 is 9.59 Å². The fraction of sp³-hybridized carbons (Fsp3) is 0. The van der Waals surface area contributed by atoms with E-state index in [4.69, 9.17) is 5.73 Å². The molecule has 3 rings (SSSR count). The number of fused-ring (bicyclic) bond motifs is 1. The summed E-state index contributed by atoms with van der Waals surface area (Å²) in [6.45, 7) is 0. The number of hydrogen-bond donors (Lipinski definition) is 1. The van der Waals surface area contributed by atoms with Crippen molar-refractivity contribution in [2.24, 2.45) is 0 Å². The highest BCUT2D eigenvalue weighted by molar-refractivity contribution is 9.11. The molecule has 0 saturated carbocycles. The molecule has 0 radical (unpaired) electrons. The molecule has 2 aromatic rings. The molecular weight excluding hydrogens is 388 g/mol. The second-order valence-electron chi connectivity index (χ2n) is 4.29. The third-order valence-corrected chi connectivity index (χ3v) is 4.39. The van der Waals surface area contributed by atoms with E-state index in [9.17, 15) is 9.59 Å². The van der Waals surface area contributed by atoms with Gasteiger partial charge in [-0.1, -0.05) is 12.1 Å². The molecule has 2 amide bonds. The first-order chi connectivity index (χ1) is 9.52. The summed E-state index contributed by atoms with van der Waals surface area (Å²) < 4.78 is 1.31. The molecule has 0 spiro atoms. The Morgan fingerprint density at radius 1 is 0.900 bits per heavy atom. The molecule has 100 valence electrons. The monoisotopic (exact) mass is 394 g/mol. The zero-order valence-corrected chi connectivity index (χ0v) is 13.2. The normalized spacial score (nSPS) is 13.8. The number of carbonyl (C=O) groups excluding carboxylic acids is 2. The molecule has 4 nitrogen and oxygen atoms in total. The van der Waals surface area contributed by atoms with Gasteiger partial charge >= 0.3 is 0 Å². The molecule has 0 aromatic heterocycles. The SMILES string of the molecule is Nc1cccc2c1C(=O)N(c1c(Br)cccc1Br)C2=O. The van der Waals surface area contributed by atoms with Gasteiger partial charge < -0.3 is 5.73 Å². The number of nitrogen functional groups attached to an aromatic ring is 1. The zero-order valence-electron chi connectivity index (χ0n) is 10.1. The van der Waals surface area contributed by atoms with Gasteiger partial charge in [-0.25, -0.2) is 4.90 Å². The smallest absolute Gasteiger partial charge is 0.268 e. The van der Waals surface area contributed by atoms with Crippen LogP contribution in [-0.4, -0.2) is 11.8 Å². The van der Waals surface area contributed by atoms with Crippen molar-refractivity contribution in [2.75, 3.05) is 10.6 Å². The predicted octanol–water partition coefficient (Wildman–Crippen LogP) is 3.59. The number of amides is 2. The van der Waals surface area contributed by atoms with Gasteiger partial charge in [0.15, 0.2) is 0 Å². The Hall–Kier alpha value is -1.66. The number of halogens is 2. The minimum Gasteiger partial charge on any atom is -0.398 e. The predicted molar refractivity (Wildman–Crippen MR) is 83.8 cm³/mol. The fourth-order valence-corrected chi connectivity index (χ4v) is 3.57. The van der Waals surface area contributed by atoms with E-state index in [1.54, 1.807) is 30.3 Å². The summed E-state index contributed by atoms with van der Waals surface area (Å²) in [5.74, 6) is -0.777. The zero-order chi connectivity index (χ0) is 14.4. The average Bonchev–Trinajstić information content (AvgIpc) is 2.65. The number of para-hydroxylation sites is 1. The number of rotatable bonds is 1. The highest BCUT2D eigenvalue weighted by Gasteiger charge is 2.39. The summed E-state index contributed by atoms with van der Waals surface area (Å²) in [5, 5.41) is 0. The molecule has 1 heterocycles. The second kappa shape index (κ2) is 4.71. The van der Waals surface area contributed by atoms with E-state index in [2.05, 4.69) is 31.9 Å². The van der Waals surface area contributed by atoms with Crippen LogP contribution < -0.4 is 10.6 Å².